The molecule has 1 aromatic heterocycles. The van der Waals surface area contributed by atoms with Crippen molar-refractivity contribution < 1.29 is 19.4 Å². The van der Waals surface area contributed by atoms with Gasteiger partial charge in [0.2, 0.25) is 0 Å². The van der Waals surface area contributed by atoms with Crippen LogP contribution in [-0.4, -0.2) is 88.8 Å². The second-order valence-electron chi connectivity index (χ2n) is 5.40. The lowest BCUT2D eigenvalue weighted by Gasteiger charge is -2.22. The molecule has 10 nitrogen and oxygen atoms in total. The van der Waals surface area contributed by atoms with Crippen LogP contribution in [0.5, 0.6) is 0 Å². The van der Waals surface area contributed by atoms with E-state index in [9.17, 15) is 14.7 Å². The number of H-pyrrole nitrogens is 1. The zero-order valence-corrected chi connectivity index (χ0v) is 13.1. The van der Waals surface area contributed by atoms with Crippen LogP contribution < -0.4 is 5.32 Å². The number of rotatable bonds is 6. The zero-order valence-electron chi connectivity index (χ0n) is 13.1. The summed E-state index contributed by atoms with van der Waals surface area (Å²) in [6, 6.07) is -0.267. The third kappa shape index (κ3) is 5.18. The molecule has 1 aliphatic rings. The Morgan fingerprint density at radius 2 is 2.30 bits per heavy atom. The average Bonchev–Trinajstić information content (AvgIpc) is 2.92. The van der Waals surface area contributed by atoms with Crippen LogP contribution in [0.4, 0.5) is 4.79 Å². The molecule has 3 N–H and O–H groups in total. The van der Waals surface area contributed by atoms with Crippen LogP contribution in [0, 0.1) is 5.92 Å². The van der Waals surface area contributed by atoms with Gasteiger partial charge in [0.05, 0.1) is 24.4 Å². The van der Waals surface area contributed by atoms with Crippen molar-refractivity contribution in [2.24, 2.45) is 5.92 Å². The molecule has 2 amide bonds. The van der Waals surface area contributed by atoms with Crippen molar-refractivity contribution in [3.05, 3.63) is 11.9 Å². The zero-order chi connectivity index (χ0) is 16.7. The Labute approximate surface area is 133 Å². The minimum atomic E-state index is -0.910. The van der Waals surface area contributed by atoms with Gasteiger partial charge in [0.15, 0.2) is 0 Å². The SMILES string of the molecule is COCCNC(=O)N1CCN(Cc2cn[nH]n2)C[C@H](C(=O)O)C1. The summed E-state index contributed by atoms with van der Waals surface area (Å²) in [5, 5.41) is 22.4. The Balaban J connectivity index is 1.96. The number of aromatic amines is 1. The minimum absolute atomic E-state index is 0.184. The van der Waals surface area contributed by atoms with E-state index in [0.717, 1.165) is 5.69 Å². The lowest BCUT2D eigenvalue weighted by atomic mass is 10.1. The number of amides is 2. The van der Waals surface area contributed by atoms with Gasteiger partial charge in [-0.2, -0.15) is 15.4 Å². The maximum absolute atomic E-state index is 12.1. The van der Waals surface area contributed by atoms with E-state index in [1.807, 2.05) is 4.90 Å². The van der Waals surface area contributed by atoms with Crippen LogP contribution in [0.2, 0.25) is 0 Å². The molecule has 0 aliphatic carbocycles. The molecule has 0 bridgehead atoms. The minimum Gasteiger partial charge on any atom is -0.481 e. The molecule has 128 valence electrons. The van der Waals surface area contributed by atoms with Crippen LogP contribution in [0.25, 0.3) is 0 Å². The highest BCUT2D eigenvalue weighted by Crippen LogP contribution is 2.12. The number of nitrogens with one attached hydrogen (secondary N) is 2. The molecule has 1 fully saturated rings. The first kappa shape index (κ1) is 17.2. The highest BCUT2D eigenvalue weighted by Gasteiger charge is 2.30. The number of carboxylic acid groups (broad SMARTS) is 1. The normalized spacial score (nSPS) is 19.3. The largest absolute Gasteiger partial charge is 0.481 e. The van der Waals surface area contributed by atoms with Crippen molar-refractivity contribution in [3.8, 4) is 0 Å². The van der Waals surface area contributed by atoms with Crippen molar-refractivity contribution >= 4 is 12.0 Å². The first-order chi connectivity index (χ1) is 11.1. The number of nitrogens with zero attached hydrogens (tertiary/aromatic N) is 4. The number of carbonyl (C=O) groups is 2. The van der Waals surface area contributed by atoms with Crippen LogP contribution in [-0.2, 0) is 16.1 Å². The van der Waals surface area contributed by atoms with Crippen molar-refractivity contribution in [2.45, 2.75) is 6.54 Å². The van der Waals surface area contributed by atoms with Crippen molar-refractivity contribution in [1.82, 2.24) is 30.5 Å². The molecule has 1 atom stereocenters. The molecule has 0 unspecified atom stereocenters. The van der Waals surface area contributed by atoms with Crippen molar-refractivity contribution in [1.29, 1.82) is 0 Å². The topological polar surface area (TPSA) is 124 Å². The summed E-state index contributed by atoms with van der Waals surface area (Å²) in [4.78, 5) is 27.1. The third-order valence-corrected chi connectivity index (χ3v) is 3.67. The predicted octanol–water partition coefficient (Wildman–Crippen LogP) is -1.02. The van der Waals surface area contributed by atoms with Gasteiger partial charge in [0.25, 0.3) is 0 Å². The van der Waals surface area contributed by atoms with E-state index in [4.69, 9.17) is 4.74 Å². The molecule has 2 rings (SSSR count). The number of aromatic nitrogens is 3. The standard InChI is InChI=1S/C13H22N6O4/c1-23-5-2-14-13(22)19-4-3-18(7-10(8-19)12(20)21)9-11-6-15-17-16-11/h6,10H,2-5,7-9H2,1H3,(H,14,22)(H,20,21)(H,15,16,17)/t10-/m0/s1. The van der Waals surface area contributed by atoms with Crippen molar-refractivity contribution in [3.63, 3.8) is 0 Å². The van der Waals surface area contributed by atoms with Gasteiger partial charge in [0, 0.05) is 46.4 Å². The number of urea groups is 1. The van der Waals surface area contributed by atoms with E-state index in [2.05, 4.69) is 20.7 Å². The summed E-state index contributed by atoms with van der Waals surface area (Å²) < 4.78 is 4.89. The van der Waals surface area contributed by atoms with E-state index < -0.39 is 11.9 Å². The van der Waals surface area contributed by atoms with E-state index in [-0.39, 0.29) is 12.6 Å². The molecule has 23 heavy (non-hydrogen) atoms. The third-order valence-electron chi connectivity index (χ3n) is 3.67. The number of carbonyl (C=O) groups excluding carboxylic acids is 1. The van der Waals surface area contributed by atoms with Crippen LogP contribution in [0.15, 0.2) is 6.20 Å². The first-order valence-electron chi connectivity index (χ1n) is 7.41. The van der Waals surface area contributed by atoms with E-state index in [1.165, 1.54) is 4.90 Å². The fourth-order valence-electron chi connectivity index (χ4n) is 2.47. The van der Waals surface area contributed by atoms with Gasteiger partial charge in [-0.05, 0) is 0 Å². The number of carboxylic acids is 1. The maximum atomic E-state index is 12.1. The van der Waals surface area contributed by atoms with Gasteiger partial charge in [-0.15, -0.1) is 0 Å². The van der Waals surface area contributed by atoms with E-state index in [0.29, 0.717) is 39.3 Å². The smallest absolute Gasteiger partial charge is 0.317 e. The lowest BCUT2D eigenvalue weighted by Crippen LogP contribution is -2.44. The van der Waals surface area contributed by atoms with Gasteiger partial charge < -0.3 is 20.1 Å². The van der Waals surface area contributed by atoms with Gasteiger partial charge >= 0.3 is 12.0 Å². The number of aliphatic carboxylic acids is 1. The molecule has 0 saturated carbocycles. The summed E-state index contributed by atoms with van der Waals surface area (Å²) in [7, 11) is 1.56. The molecule has 0 spiro atoms. The predicted molar refractivity (Wildman–Crippen MR) is 79.6 cm³/mol. The lowest BCUT2D eigenvalue weighted by molar-refractivity contribution is -0.142. The number of methoxy groups -OCH3 is 1. The quantitative estimate of drug-likeness (QED) is 0.572. The van der Waals surface area contributed by atoms with Crippen LogP contribution >= 0.6 is 0 Å². The fraction of sp³-hybridized carbons (Fsp3) is 0.692. The highest BCUT2D eigenvalue weighted by molar-refractivity contribution is 5.76. The molecule has 0 aromatic carbocycles. The van der Waals surface area contributed by atoms with Crippen LogP contribution in [0.3, 0.4) is 0 Å². The van der Waals surface area contributed by atoms with Gasteiger partial charge in [-0.25, -0.2) is 4.79 Å². The Kier molecular flexibility index (Phi) is 6.29. The second-order valence-corrected chi connectivity index (χ2v) is 5.40. The molecule has 1 saturated heterocycles. The average molecular weight is 326 g/mol. The van der Waals surface area contributed by atoms with Gasteiger partial charge in [-0.1, -0.05) is 0 Å². The molecule has 2 heterocycles. The summed E-state index contributed by atoms with van der Waals surface area (Å²) in [6.45, 7) is 2.90. The van der Waals surface area contributed by atoms with Gasteiger partial charge in [-0.3, -0.25) is 9.69 Å². The van der Waals surface area contributed by atoms with Crippen LogP contribution in [0.1, 0.15) is 5.69 Å². The highest BCUT2D eigenvalue weighted by atomic mass is 16.5. The number of hydrogen-bond donors (Lipinski definition) is 3. The van der Waals surface area contributed by atoms with Crippen molar-refractivity contribution in [2.75, 3.05) is 46.4 Å². The fourth-order valence-corrected chi connectivity index (χ4v) is 2.47. The van der Waals surface area contributed by atoms with Gasteiger partial charge in [0.1, 0.15) is 0 Å². The Morgan fingerprint density at radius 1 is 1.48 bits per heavy atom. The molecule has 0 radical (unpaired) electrons. The molecular formula is C13H22N6O4. The monoisotopic (exact) mass is 326 g/mol. The molecule has 10 heteroatoms. The Morgan fingerprint density at radius 3 is 2.96 bits per heavy atom. The maximum Gasteiger partial charge on any atom is 0.317 e. The number of hydrogen-bond acceptors (Lipinski definition) is 6. The summed E-state index contributed by atoms with van der Waals surface area (Å²) >= 11 is 0. The summed E-state index contributed by atoms with van der Waals surface area (Å²) in [5.74, 6) is -1.55. The first-order valence-corrected chi connectivity index (χ1v) is 7.41. The Hall–Kier alpha value is -2.20. The molecule has 1 aromatic rings. The second kappa shape index (κ2) is 8.44. The molecule has 1 aliphatic heterocycles. The Bertz CT molecular complexity index is 509. The number of ether oxygens (including phenoxy) is 1. The van der Waals surface area contributed by atoms with E-state index in [1.54, 1.807) is 13.3 Å². The molecular weight excluding hydrogens is 304 g/mol. The summed E-state index contributed by atoms with van der Waals surface area (Å²) in [6.07, 6.45) is 1.61. The summed E-state index contributed by atoms with van der Waals surface area (Å²) in [5.41, 5.74) is 0.743. The van der Waals surface area contributed by atoms with E-state index >= 15 is 0 Å².